The predicted octanol–water partition coefficient (Wildman–Crippen LogP) is 9.18. The maximum absolute atomic E-state index is 12.4. The normalized spacial score (nSPS) is 24.6. The number of hydrogen-bond donors (Lipinski definition) is 0. The molecular weight excluding hydrogens is 448 g/mol. The number of methoxy groups -OCH3 is 1. The summed E-state index contributed by atoms with van der Waals surface area (Å²) in [5.74, 6) is 0.961. The summed E-state index contributed by atoms with van der Waals surface area (Å²) in [5.41, 5.74) is 0. The van der Waals surface area contributed by atoms with E-state index < -0.39 is 0 Å². The molecule has 212 valence electrons. The van der Waals surface area contributed by atoms with Gasteiger partial charge in [-0.1, -0.05) is 103 Å². The molecule has 0 bridgehead atoms. The van der Waals surface area contributed by atoms with Crippen molar-refractivity contribution in [2.45, 2.75) is 167 Å². The predicted molar refractivity (Wildman–Crippen MR) is 150 cm³/mol. The largest absolute Gasteiger partial charge is 0.463 e. The lowest BCUT2D eigenvalue weighted by atomic mass is 9.80. The zero-order chi connectivity index (χ0) is 25.7. The standard InChI is InChI=1S/C32H60O4/c1-3-4-5-6-7-8-9-10-11-12-13-14-15-16-17-28-18-20-29(21-19-28)32(33)36-27-26-35-31-24-22-30(34-2)23-25-31/h28-31H,3-27H2,1-2H3. The number of esters is 1. The van der Waals surface area contributed by atoms with E-state index in [-0.39, 0.29) is 11.9 Å². The van der Waals surface area contributed by atoms with E-state index in [2.05, 4.69) is 6.92 Å². The molecule has 0 aliphatic heterocycles. The second kappa shape index (κ2) is 21.3. The van der Waals surface area contributed by atoms with Crippen LogP contribution in [0.3, 0.4) is 0 Å². The van der Waals surface area contributed by atoms with Crippen LogP contribution >= 0.6 is 0 Å². The molecule has 0 aromatic heterocycles. The molecule has 0 N–H and O–H groups in total. The van der Waals surface area contributed by atoms with Gasteiger partial charge in [0.25, 0.3) is 0 Å². The molecule has 36 heavy (non-hydrogen) atoms. The minimum Gasteiger partial charge on any atom is -0.463 e. The van der Waals surface area contributed by atoms with Crippen molar-refractivity contribution >= 4 is 5.97 Å². The minimum atomic E-state index is 0.0108. The highest BCUT2D eigenvalue weighted by atomic mass is 16.6. The third-order valence-corrected chi connectivity index (χ3v) is 8.78. The van der Waals surface area contributed by atoms with E-state index in [0.29, 0.717) is 25.4 Å². The van der Waals surface area contributed by atoms with Gasteiger partial charge in [-0.3, -0.25) is 4.79 Å². The Bertz CT molecular complexity index is 506. The van der Waals surface area contributed by atoms with Crippen LogP contribution in [0.15, 0.2) is 0 Å². The molecule has 4 heteroatoms. The van der Waals surface area contributed by atoms with E-state index in [9.17, 15) is 4.79 Å². The Morgan fingerprint density at radius 1 is 0.611 bits per heavy atom. The van der Waals surface area contributed by atoms with Gasteiger partial charge in [0.05, 0.1) is 24.7 Å². The highest BCUT2D eigenvalue weighted by molar-refractivity contribution is 5.72. The van der Waals surface area contributed by atoms with E-state index in [4.69, 9.17) is 14.2 Å². The Labute approximate surface area is 224 Å². The molecule has 0 atom stereocenters. The van der Waals surface area contributed by atoms with Crippen LogP contribution in [0.4, 0.5) is 0 Å². The molecule has 0 aromatic rings. The van der Waals surface area contributed by atoms with Crippen molar-refractivity contribution in [2.75, 3.05) is 20.3 Å². The SMILES string of the molecule is CCCCCCCCCCCCCCCCC1CCC(C(=O)OCCOC2CCC(OC)CC2)CC1. The Kier molecular flexibility index (Phi) is 18.7. The molecule has 2 aliphatic carbocycles. The van der Waals surface area contributed by atoms with Crippen molar-refractivity contribution in [1.29, 1.82) is 0 Å². The van der Waals surface area contributed by atoms with Crippen molar-refractivity contribution < 1.29 is 19.0 Å². The molecule has 0 heterocycles. The molecule has 4 nitrogen and oxygen atoms in total. The van der Waals surface area contributed by atoms with Crippen LogP contribution in [-0.2, 0) is 19.0 Å². The Hall–Kier alpha value is -0.610. The summed E-state index contributed by atoms with van der Waals surface area (Å²) in [4.78, 5) is 12.4. The van der Waals surface area contributed by atoms with E-state index in [1.165, 1.54) is 109 Å². The summed E-state index contributed by atoms with van der Waals surface area (Å²) in [6.45, 7) is 3.23. The summed E-state index contributed by atoms with van der Waals surface area (Å²) in [7, 11) is 1.79. The van der Waals surface area contributed by atoms with Crippen LogP contribution in [0.25, 0.3) is 0 Å². The second-order valence-electron chi connectivity index (χ2n) is 11.8. The first-order chi connectivity index (χ1) is 17.7. The van der Waals surface area contributed by atoms with Gasteiger partial charge in [0.2, 0.25) is 0 Å². The number of ether oxygens (including phenoxy) is 3. The van der Waals surface area contributed by atoms with Gasteiger partial charge >= 0.3 is 5.97 Å². The van der Waals surface area contributed by atoms with Crippen molar-refractivity contribution in [2.24, 2.45) is 11.8 Å². The van der Waals surface area contributed by atoms with Crippen LogP contribution in [0.1, 0.15) is 155 Å². The number of hydrogen-bond acceptors (Lipinski definition) is 4. The third kappa shape index (κ3) is 15.0. The van der Waals surface area contributed by atoms with E-state index in [1.54, 1.807) is 7.11 Å². The number of carbonyl (C=O) groups is 1. The maximum atomic E-state index is 12.4. The maximum Gasteiger partial charge on any atom is 0.309 e. The molecule has 0 aromatic carbocycles. The summed E-state index contributed by atoms with van der Waals surface area (Å²) in [5, 5.41) is 0. The molecule has 0 radical (unpaired) electrons. The molecular formula is C32H60O4. The fourth-order valence-electron chi connectivity index (χ4n) is 6.22. The fraction of sp³-hybridized carbons (Fsp3) is 0.969. The molecule has 0 saturated heterocycles. The van der Waals surface area contributed by atoms with Gasteiger partial charge < -0.3 is 14.2 Å². The van der Waals surface area contributed by atoms with E-state index >= 15 is 0 Å². The van der Waals surface area contributed by atoms with Gasteiger partial charge in [0.1, 0.15) is 6.61 Å². The van der Waals surface area contributed by atoms with Gasteiger partial charge in [-0.15, -0.1) is 0 Å². The molecule has 2 fully saturated rings. The van der Waals surface area contributed by atoms with Gasteiger partial charge in [0.15, 0.2) is 0 Å². The van der Waals surface area contributed by atoms with Crippen LogP contribution in [0.2, 0.25) is 0 Å². The van der Waals surface area contributed by atoms with Crippen LogP contribution < -0.4 is 0 Å². The van der Waals surface area contributed by atoms with Crippen molar-refractivity contribution in [3.63, 3.8) is 0 Å². The van der Waals surface area contributed by atoms with Crippen molar-refractivity contribution in [3.8, 4) is 0 Å². The van der Waals surface area contributed by atoms with Gasteiger partial charge in [-0.05, 0) is 57.3 Å². The lowest BCUT2D eigenvalue weighted by molar-refractivity contribution is -0.152. The van der Waals surface area contributed by atoms with Crippen molar-refractivity contribution in [1.82, 2.24) is 0 Å². The topological polar surface area (TPSA) is 44.8 Å². The van der Waals surface area contributed by atoms with Crippen LogP contribution in [-0.4, -0.2) is 38.5 Å². The lowest BCUT2D eigenvalue weighted by Gasteiger charge is -2.28. The first-order valence-corrected chi connectivity index (χ1v) is 16.0. The number of unbranched alkanes of at least 4 members (excludes halogenated alkanes) is 13. The average Bonchev–Trinajstić information content (AvgIpc) is 2.92. The monoisotopic (exact) mass is 508 g/mol. The first-order valence-electron chi connectivity index (χ1n) is 16.0. The molecule has 2 aliphatic rings. The molecule has 0 spiro atoms. The van der Waals surface area contributed by atoms with E-state index in [0.717, 1.165) is 44.4 Å². The number of carbonyl (C=O) groups excluding carboxylic acids is 1. The highest BCUT2D eigenvalue weighted by Gasteiger charge is 2.27. The molecule has 0 unspecified atom stereocenters. The summed E-state index contributed by atoms with van der Waals surface area (Å²) in [6, 6.07) is 0. The van der Waals surface area contributed by atoms with Crippen LogP contribution in [0, 0.1) is 11.8 Å². The average molecular weight is 509 g/mol. The fourth-order valence-corrected chi connectivity index (χ4v) is 6.22. The lowest BCUT2D eigenvalue weighted by Crippen LogP contribution is -2.28. The first kappa shape index (κ1) is 31.6. The van der Waals surface area contributed by atoms with E-state index in [1.807, 2.05) is 0 Å². The van der Waals surface area contributed by atoms with Gasteiger partial charge in [-0.25, -0.2) is 0 Å². The Morgan fingerprint density at radius 2 is 1.11 bits per heavy atom. The minimum absolute atomic E-state index is 0.0108. The third-order valence-electron chi connectivity index (χ3n) is 8.78. The summed E-state index contributed by atoms with van der Waals surface area (Å²) >= 11 is 0. The highest BCUT2D eigenvalue weighted by Crippen LogP contribution is 2.33. The second-order valence-corrected chi connectivity index (χ2v) is 11.8. The van der Waals surface area contributed by atoms with Gasteiger partial charge in [-0.2, -0.15) is 0 Å². The smallest absolute Gasteiger partial charge is 0.309 e. The quantitative estimate of drug-likeness (QED) is 0.114. The Balaban J connectivity index is 1.34. The summed E-state index contributed by atoms with van der Waals surface area (Å²) < 4.78 is 16.9. The summed E-state index contributed by atoms with van der Waals surface area (Å²) in [6.07, 6.45) is 30.7. The zero-order valence-electron chi connectivity index (χ0n) is 24.1. The van der Waals surface area contributed by atoms with Crippen LogP contribution in [0.5, 0.6) is 0 Å². The van der Waals surface area contributed by atoms with Gasteiger partial charge in [0, 0.05) is 7.11 Å². The molecule has 0 amide bonds. The molecule has 2 saturated carbocycles. The number of rotatable bonds is 21. The zero-order valence-corrected chi connectivity index (χ0v) is 24.1. The Morgan fingerprint density at radius 3 is 1.64 bits per heavy atom. The molecule has 2 rings (SSSR count). The van der Waals surface area contributed by atoms with Crippen molar-refractivity contribution in [3.05, 3.63) is 0 Å².